The van der Waals surface area contributed by atoms with E-state index in [1.54, 1.807) is 18.0 Å². The zero-order valence-corrected chi connectivity index (χ0v) is 12.5. The molecule has 1 aromatic heterocycles. The van der Waals surface area contributed by atoms with E-state index in [4.69, 9.17) is 9.47 Å². The van der Waals surface area contributed by atoms with Crippen molar-refractivity contribution in [1.29, 1.82) is 0 Å². The highest BCUT2D eigenvalue weighted by Gasteiger charge is 2.25. The molecule has 7 heteroatoms. The fraction of sp³-hybridized carbons (Fsp3) is 0.643. The topological polar surface area (TPSA) is 73.7 Å². The zero-order valence-electron chi connectivity index (χ0n) is 12.5. The van der Waals surface area contributed by atoms with Gasteiger partial charge in [-0.25, -0.2) is 14.6 Å². The summed E-state index contributed by atoms with van der Waals surface area (Å²) in [5, 5.41) is 0. The molecule has 1 amide bonds. The summed E-state index contributed by atoms with van der Waals surface area (Å²) in [4.78, 5) is 29.4. The number of esters is 1. The molecule has 0 unspecified atom stereocenters. The van der Waals surface area contributed by atoms with Gasteiger partial charge in [0, 0.05) is 19.3 Å². The van der Waals surface area contributed by atoms with Crippen molar-refractivity contribution in [3.8, 4) is 0 Å². The predicted molar refractivity (Wildman–Crippen MR) is 74.8 cm³/mol. The van der Waals surface area contributed by atoms with Gasteiger partial charge in [0.25, 0.3) is 0 Å². The third-order valence-corrected chi connectivity index (χ3v) is 3.27. The number of amides is 1. The Labute approximate surface area is 123 Å². The summed E-state index contributed by atoms with van der Waals surface area (Å²) >= 11 is 0. The predicted octanol–water partition coefficient (Wildman–Crippen LogP) is 1.81. The molecule has 0 radical (unpaired) electrons. The number of carbonyl (C=O) groups excluding carboxylic acids is 2. The molecule has 1 aromatic rings. The normalized spacial score (nSPS) is 13.7. The molecule has 0 N–H and O–H groups in total. The van der Waals surface area contributed by atoms with Crippen molar-refractivity contribution in [2.24, 2.45) is 0 Å². The van der Waals surface area contributed by atoms with Crippen LogP contribution in [0, 0.1) is 0 Å². The molecule has 1 aliphatic heterocycles. The summed E-state index contributed by atoms with van der Waals surface area (Å²) in [7, 11) is 0. The number of hydrogen-bond acceptors (Lipinski definition) is 5. The number of carbonyl (C=O) groups is 2. The molecule has 0 bridgehead atoms. The van der Waals surface area contributed by atoms with E-state index in [1.807, 2.05) is 11.5 Å². The number of ether oxygens (including phenoxy) is 2. The van der Waals surface area contributed by atoms with Gasteiger partial charge in [-0.1, -0.05) is 13.3 Å². The summed E-state index contributed by atoms with van der Waals surface area (Å²) < 4.78 is 12.0. The Bertz CT molecular complexity index is 512. The standard InChI is InChI=1S/C14H21N3O4/c1-3-5-8-21-14(19)17-7-6-16-9-11(13(18)20-4-2)15-12(16)10-17/h9H,3-8,10H2,1-2H3. The first kappa shape index (κ1) is 15.3. The molecule has 2 heterocycles. The lowest BCUT2D eigenvalue weighted by molar-refractivity contribution is 0.0520. The Morgan fingerprint density at radius 3 is 2.81 bits per heavy atom. The van der Waals surface area contributed by atoms with Gasteiger partial charge in [-0.05, 0) is 13.3 Å². The highest BCUT2D eigenvalue weighted by atomic mass is 16.6. The van der Waals surface area contributed by atoms with Crippen molar-refractivity contribution >= 4 is 12.1 Å². The Hall–Kier alpha value is -2.05. The van der Waals surface area contributed by atoms with Gasteiger partial charge in [-0.15, -0.1) is 0 Å². The average Bonchev–Trinajstić information content (AvgIpc) is 2.90. The van der Waals surface area contributed by atoms with Gasteiger partial charge in [0.15, 0.2) is 5.69 Å². The van der Waals surface area contributed by atoms with E-state index < -0.39 is 5.97 Å². The van der Waals surface area contributed by atoms with Crippen LogP contribution in [0.2, 0.25) is 0 Å². The van der Waals surface area contributed by atoms with E-state index in [1.165, 1.54) is 0 Å². The van der Waals surface area contributed by atoms with Crippen LogP contribution in [0.4, 0.5) is 4.79 Å². The highest BCUT2D eigenvalue weighted by Crippen LogP contribution is 2.14. The third kappa shape index (κ3) is 3.74. The van der Waals surface area contributed by atoms with Crippen LogP contribution in [0.5, 0.6) is 0 Å². The molecule has 116 valence electrons. The van der Waals surface area contributed by atoms with E-state index in [0.29, 0.717) is 38.7 Å². The summed E-state index contributed by atoms with van der Waals surface area (Å²) in [5.41, 5.74) is 0.285. The van der Waals surface area contributed by atoms with Crippen LogP contribution >= 0.6 is 0 Å². The number of hydrogen-bond donors (Lipinski definition) is 0. The lowest BCUT2D eigenvalue weighted by atomic mass is 10.3. The van der Waals surface area contributed by atoms with Crippen molar-refractivity contribution < 1.29 is 19.1 Å². The Balaban J connectivity index is 1.97. The van der Waals surface area contributed by atoms with Crippen LogP contribution in [0.1, 0.15) is 43.0 Å². The van der Waals surface area contributed by atoms with Gasteiger partial charge in [0.05, 0.1) is 19.8 Å². The van der Waals surface area contributed by atoms with Crippen LogP contribution in [0.15, 0.2) is 6.20 Å². The van der Waals surface area contributed by atoms with E-state index in [2.05, 4.69) is 4.98 Å². The monoisotopic (exact) mass is 295 g/mol. The van der Waals surface area contributed by atoms with Crippen molar-refractivity contribution in [3.63, 3.8) is 0 Å². The zero-order chi connectivity index (χ0) is 15.2. The molecular formula is C14H21N3O4. The number of fused-ring (bicyclic) bond motifs is 1. The minimum atomic E-state index is -0.434. The highest BCUT2D eigenvalue weighted by molar-refractivity contribution is 5.87. The molecule has 2 rings (SSSR count). The number of rotatable bonds is 5. The fourth-order valence-electron chi connectivity index (χ4n) is 2.11. The Morgan fingerprint density at radius 2 is 2.10 bits per heavy atom. The van der Waals surface area contributed by atoms with Crippen molar-refractivity contribution in [2.45, 2.75) is 39.8 Å². The minimum Gasteiger partial charge on any atom is -0.461 e. The van der Waals surface area contributed by atoms with E-state index in [-0.39, 0.29) is 11.8 Å². The van der Waals surface area contributed by atoms with Crippen LogP contribution in [-0.2, 0) is 22.6 Å². The van der Waals surface area contributed by atoms with Gasteiger partial charge in [-0.3, -0.25) is 4.90 Å². The Morgan fingerprint density at radius 1 is 1.29 bits per heavy atom. The first-order chi connectivity index (χ1) is 10.2. The maximum atomic E-state index is 11.9. The number of unbranched alkanes of at least 4 members (excludes halogenated alkanes) is 1. The summed E-state index contributed by atoms with van der Waals surface area (Å²) in [6.45, 7) is 6.06. The second-order valence-electron chi connectivity index (χ2n) is 4.85. The maximum absolute atomic E-state index is 11.9. The molecule has 0 saturated carbocycles. The number of nitrogens with zero attached hydrogens (tertiary/aromatic N) is 3. The van der Waals surface area contributed by atoms with Crippen molar-refractivity contribution in [2.75, 3.05) is 19.8 Å². The quantitative estimate of drug-likeness (QED) is 0.612. The SMILES string of the molecule is CCCCOC(=O)N1CCn2cc(C(=O)OCC)nc2C1. The van der Waals surface area contributed by atoms with Gasteiger partial charge in [0.1, 0.15) is 5.82 Å². The van der Waals surface area contributed by atoms with Crippen LogP contribution in [0.3, 0.4) is 0 Å². The molecule has 0 atom stereocenters. The van der Waals surface area contributed by atoms with Crippen LogP contribution < -0.4 is 0 Å². The number of aromatic nitrogens is 2. The molecule has 0 aliphatic carbocycles. The molecule has 0 saturated heterocycles. The lowest BCUT2D eigenvalue weighted by Crippen LogP contribution is -2.38. The van der Waals surface area contributed by atoms with Crippen LogP contribution in [0.25, 0.3) is 0 Å². The minimum absolute atomic E-state index is 0.285. The first-order valence-electron chi connectivity index (χ1n) is 7.30. The van der Waals surface area contributed by atoms with Crippen LogP contribution in [-0.4, -0.2) is 46.3 Å². The van der Waals surface area contributed by atoms with Gasteiger partial charge >= 0.3 is 12.1 Å². The van der Waals surface area contributed by atoms with Crippen molar-refractivity contribution in [3.05, 3.63) is 17.7 Å². The summed E-state index contributed by atoms with van der Waals surface area (Å²) in [6, 6.07) is 0. The maximum Gasteiger partial charge on any atom is 0.410 e. The summed E-state index contributed by atoms with van der Waals surface area (Å²) in [6.07, 6.45) is 3.20. The van der Waals surface area contributed by atoms with Gasteiger partial charge in [-0.2, -0.15) is 0 Å². The molecule has 21 heavy (non-hydrogen) atoms. The van der Waals surface area contributed by atoms with E-state index in [9.17, 15) is 9.59 Å². The average molecular weight is 295 g/mol. The van der Waals surface area contributed by atoms with E-state index in [0.717, 1.165) is 12.8 Å². The summed E-state index contributed by atoms with van der Waals surface area (Å²) in [5.74, 6) is 0.244. The molecule has 0 aromatic carbocycles. The van der Waals surface area contributed by atoms with Crippen molar-refractivity contribution in [1.82, 2.24) is 14.5 Å². The smallest absolute Gasteiger partial charge is 0.410 e. The molecule has 0 fully saturated rings. The van der Waals surface area contributed by atoms with Gasteiger partial charge < -0.3 is 14.0 Å². The third-order valence-electron chi connectivity index (χ3n) is 3.27. The molecule has 0 spiro atoms. The fourth-order valence-corrected chi connectivity index (χ4v) is 2.11. The second-order valence-corrected chi connectivity index (χ2v) is 4.85. The molecule has 1 aliphatic rings. The van der Waals surface area contributed by atoms with Gasteiger partial charge in [0.2, 0.25) is 0 Å². The molecular weight excluding hydrogens is 274 g/mol. The lowest BCUT2D eigenvalue weighted by Gasteiger charge is -2.26. The molecule has 7 nitrogen and oxygen atoms in total. The second kappa shape index (κ2) is 7.10. The first-order valence-corrected chi connectivity index (χ1v) is 7.30. The van der Waals surface area contributed by atoms with E-state index >= 15 is 0 Å². The number of imidazole rings is 1. The largest absolute Gasteiger partial charge is 0.461 e. The Kier molecular flexibility index (Phi) is 5.19.